The molecule has 0 atom stereocenters. The molecule has 0 radical (unpaired) electrons. The molecule has 1 aliphatic heterocycles. The summed E-state index contributed by atoms with van der Waals surface area (Å²) in [6, 6.07) is 14.1. The minimum atomic E-state index is 0. The van der Waals surface area contributed by atoms with E-state index in [0.29, 0.717) is 25.2 Å². The molecular weight excluding hydrogens is 407 g/mol. The molecule has 2 N–H and O–H groups in total. The zero-order valence-corrected chi connectivity index (χ0v) is 18.5. The van der Waals surface area contributed by atoms with Gasteiger partial charge < -0.3 is 15.5 Å². The molecule has 29 heavy (non-hydrogen) atoms. The van der Waals surface area contributed by atoms with Gasteiger partial charge in [0.2, 0.25) is 0 Å². The number of anilines is 1. The Bertz CT molecular complexity index is 705. The van der Waals surface area contributed by atoms with Gasteiger partial charge in [0.05, 0.1) is 5.56 Å². The molecule has 3 rings (SSSR count). The number of pyridine rings is 1. The fraction of sp³-hybridized carbons (Fsp3) is 0.455. The van der Waals surface area contributed by atoms with E-state index in [1.807, 2.05) is 35.2 Å². The lowest BCUT2D eigenvalue weighted by Gasteiger charge is -2.23. The molecule has 7 heteroatoms. The molecule has 0 bridgehead atoms. The Morgan fingerprint density at radius 1 is 0.966 bits per heavy atom. The van der Waals surface area contributed by atoms with E-state index in [9.17, 15) is 4.79 Å². The van der Waals surface area contributed by atoms with Gasteiger partial charge in [0.25, 0.3) is 5.91 Å². The van der Waals surface area contributed by atoms with Crippen molar-refractivity contribution in [2.45, 2.75) is 32.1 Å². The summed E-state index contributed by atoms with van der Waals surface area (Å²) in [6.45, 7) is 3.78. The number of rotatable bonds is 7. The molecule has 1 amide bonds. The van der Waals surface area contributed by atoms with Crippen LogP contribution >= 0.6 is 24.8 Å². The summed E-state index contributed by atoms with van der Waals surface area (Å²) in [5.74, 6) is 0.981. The van der Waals surface area contributed by atoms with Crippen molar-refractivity contribution in [3.05, 3.63) is 59.8 Å². The molecule has 1 aromatic carbocycles. The number of hydrogen-bond acceptors (Lipinski definition) is 4. The van der Waals surface area contributed by atoms with Crippen LogP contribution in [0.1, 0.15) is 41.6 Å². The van der Waals surface area contributed by atoms with E-state index in [1.54, 1.807) is 6.20 Å². The lowest BCUT2D eigenvalue weighted by Crippen LogP contribution is -2.37. The number of halogens is 2. The first kappa shape index (κ1) is 25.2. The Hall–Kier alpha value is -1.82. The second-order valence-corrected chi connectivity index (χ2v) is 7.12. The number of carbonyl (C=O) groups is 1. The van der Waals surface area contributed by atoms with Crippen molar-refractivity contribution >= 4 is 36.5 Å². The maximum absolute atomic E-state index is 12.9. The van der Waals surface area contributed by atoms with Crippen LogP contribution in [0.3, 0.4) is 0 Å². The normalized spacial score (nSPS) is 13.6. The largest absolute Gasteiger partial charge is 0.357 e. The third-order valence-corrected chi connectivity index (χ3v) is 5.12. The van der Waals surface area contributed by atoms with Gasteiger partial charge in [-0.3, -0.25) is 4.79 Å². The van der Waals surface area contributed by atoms with Crippen molar-refractivity contribution in [2.75, 3.05) is 37.6 Å². The van der Waals surface area contributed by atoms with Gasteiger partial charge in [-0.25, -0.2) is 4.98 Å². The number of amides is 1. The van der Waals surface area contributed by atoms with Gasteiger partial charge in [0.15, 0.2) is 0 Å². The number of aromatic nitrogens is 1. The summed E-state index contributed by atoms with van der Waals surface area (Å²) >= 11 is 0. The average molecular weight is 439 g/mol. The van der Waals surface area contributed by atoms with Crippen molar-refractivity contribution in [1.29, 1.82) is 0 Å². The molecule has 1 aliphatic rings. The summed E-state index contributed by atoms with van der Waals surface area (Å²) in [5.41, 5.74) is 7.59. The Balaban J connectivity index is 0.00000210. The standard InChI is InChI=1S/C22H30N4O.2ClH/c23-13-17-26(16-12-19-8-4-3-5-9-19)22(27)20-10-11-21(24-18-20)25-14-6-1-2-7-15-25;;/h3-5,8-11,18H,1-2,6-7,12-17,23H2;2*1H. The Morgan fingerprint density at radius 3 is 2.24 bits per heavy atom. The third-order valence-electron chi connectivity index (χ3n) is 5.12. The topological polar surface area (TPSA) is 62.5 Å². The van der Waals surface area contributed by atoms with E-state index in [4.69, 9.17) is 5.73 Å². The number of nitrogens with zero attached hydrogens (tertiary/aromatic N) is 3. The van der Waals surface area contributed by atoms with Gasteiger partial charge in [0.1, 0.15) is 5.82 Å². The summed E-state index contributed by atoms with van der Waals surface area (Å²) in [5, 5.41) is 0. The lowest BCUT2D eigenvalue weighted by atomic mass is 10.1. The van der Waals surface area contributed by atoms with E-state index in [2.05, 4.69) is 22.0 Å². The SMILES string of the molecule is Cl.Cl.NCCN(CCc1ccccc1)C(=O)c1ccc(N2CCCCCC2)nc1. The fourth-order valence-corrected chi connectivity index (χ4v) is 3.56. The van der Waals surface area contributed by atoms with Crippen LogP contribution in [-0.2, 0) is 6.42 Å². The van der Waals surface area contributed by atoms with Crippen LogP contribution in [0.25, 0.3) is 0 Å². The van der Waals surface area contributed by atoms with Crippen LogP contribution in [0.2, 0.25) is 0 Å². The van der Waals surface area contributed by atoms with Gasteiger partial charge in [-0.05, 0) is 37.0 Å². The molecule has 5 nitrogen and oxygen atoms in total. The van der Waals surface area contributed by atoms with Crippen molar-refractivity contribution in [3.8, 4) is 0 Å². The van der Waals surface area contributed by atoms with Crippen LogP contribution in [-0.4, -0.2) is 48.5 Å². The second-order valence-electron chi connectivity index (χ2n) is 7.12. The molecule has 0 unspecified atom stereocenters. The van der Waals surface area contributed by atoms with Gasteiger partial charge in [-0.15, -0.1) is 24.8 Å². The first-order valence-electron chi connectivity index (χ1n) is 10.0. The van der Waals surface area contributed by atoms with E-state index in [1.165, 1.54) is 31.2 Å². The first-order valence-corrected chi connectivity index (χ1v) is 10.0. The van der Waals surface area contributed by atoms with E-state index < -0.39 is 0 Å². The zero-order chi connectivity index (χ0) is 18.9. The molecule has 160 valence electrons. The predicted octanol–water partition coefficient (Wildman–Crippen LogP) is 3.95. The number of benzene rings is 1. The molecule has 0 spiro atoms. The highest BCUT2D eigenvalue weighted by atomic mass is 35.5. The summed E-state index contributed by atoms with van der Waals surface area (Å²) < 4.78 is 0. The molecular formula is C22H32Cl2N4O. The van der Waals surface area contributed by atoms with Crippen molar-refractivity contribution in [1.82, 2.24) is 9.88 Å². The molecule has 2 heterocycles. The molecule has 1 aromatic heterocycles. The fourth-order valence-electron chi connectivity index (χ4n) is 3.56. The zero-order valence-electron chi connectivity index (χ0n) is 16.8. The highest BCUT2D eigenvalue weighted by Crippen LogP contribution is 2.18. The van der Waals surface area contributed by atoms with Crippen molar-refractivity contribution in [3.63, 3.8) is 0 Å². The summed E-state index contributed by atoms with van der Waals surface area (Å²) in [4.78, 5) is 21.6. The van der Waals surface area contributed by atoms with Crippen LogP contribution in [0.4, 0.5) is 5.82 Å². The van der Waals surface area contributed by atoms with Crippen LogP contribution in [0.5, 0.6) is 0 Å². The summed E-state index contributed by atoms with van der Waals surface area (Å²) in [7, 11) is 0. The average Bonchev–Trinajstić information content (AvgIpc) is 3.01. The molecule has 1 saturated heterocycles. The first-order chi connectivity index (χ1) is 13.3. The third kappa shape index (κ3) is 7.50. The van der Waals surface area contributed by atoms with Crippen molar-refractivity contribution in [2.24, 2.45) is 5.73 Å². The van der Waals surface area contributed by atoms with Crippen LogP contribution in [0, 0.1) is 0 Å². The van der Waals surface area contributed by atoms with Gasteiger partial charge in [-0.2, -0.15) is 0 Å². The Kier molecular flexibility index (Phi) is 11.7. The van der Waals surface area contributed by atoms with Crippen molar-refractivity contribution < 1.29 is 4.79 Å². The smallest absolute Gasteiger partial charge is 0.255 e. The van der Waals surface area contributed by atoms with Gasteiger partial charge >= 0.3 is 0 Å². The van der Waals surface area contributed by atoms with Crippen LogP contribution < -0.4 is 10.6 Å². The minimum Gasteiger partial charge on any atom is -0.357 e. The number of hydrogen-bond donors (Lipinski definition) is 1. The Morgan fingerprint density at radius 2 is 1.66 bits per heavy atom. The summed E-state index contributed by atoms with van der Waals surface area (Å²) in [6.07, 6.45) is 7.56. The minimum absolute atomic E-state index is 0. The molecule has 2 aromatic rings. The highest BCUT2D eigenvalue weighted by Gasteiger charge is 2.17. The van der Waals surface area contributed by atoms with E-state index in [0.717, 1.165) is 25.3 Å². The molecule has 0 aliphatic carbocycles. The Labute approximate surface area is 186 Å². The number of carbonyl (C=O) groups excluding carboxylic acids is 1. The van der Waals surface area contributed by atoms with E-state index >= 15 is 0 Å². The highest BCUT2D eigenvalue weighted by molar-refractivity contribution is 5.94. The molecule has 1 fully saturated rings. The monoisotopic (exact) mass is 438 g/mol. The lowest BCUT2D eigenvalue weighted by molar-refractivity contribution is 0.0761. The maximum Gasteiger partial charge on any atom is 0.255 e. The maximum atomic E-state index is 12.9. The quantitative estimate of drug-likeness (QED) is 0.710. The predicted molar refractivity (Wildman–Crippen MR) is 125 cm³/mol. The van der Waals surface area contributed by atoms with Crippen LogP contribution in [0.15, 0.2) is 48.7 Å². The molecule has 0 saturated carbocycles. The second kappa shape index (κ2) is 13.4. The van der Waals surface area contributed by atoms with Gasteiger partial charge in [-0.1, -0.05) is 43.2 Å². The number of nitrogens with two attached hydrogens (primary N) is 1. The van der Waals surface area contributed by atoms with E-state index in [-0.39, 0.29) is 30.7 Å². The van der Waals surface area contributed by atoms with Gasteiger partial charge in [0, 0.05) is 38.9 Å².